The molecule has 0 fully saturated rings. The molecule has 140 valence electrons. The Labute approximate surface area is 149 Å². The van der Waals surface area contributed by atoms with Gasteiger partial charge in [-0.3, -0.25) is 4.79 Å². The lowest BCUT2D eigenvalue weighted by Gasteiger charge is -2.27. The van der Waals surface area contributed by atoms with E-state index in [2.05, 4.69) is 27.7 Å². The summed E-state index contributed by atoms with van der Waals surface area (Å²) in [5.74, 6) is 0.123. The minimum Gasteiger partial charge on any atom is -0.460 e. The summed E-state index contributed by atoms with van der Waals surface area (Å²) in [5, 5.41) is 0. The third-order valence-electron chi connectivity index (χ3n) is 4.50. The average Bonchev–Trinajstić information content (AvgIpc) is 2.49. The monoisotopic (exact) mass is 338 g/mol. The first-order valence-electron chi connectivity index (χ1n) is 9.68. The molecular formula is C21H38O3. The SMILES string of the molecule is CCCCCC(C)(CCCC)C(=O)/C=C\C(=O)OC(C)CC(C)C. The molecule has 0 amide bonds. The molecule has 0 aromatic carbocycles. The van der Waals surface area contributed by atoms with E-state index in [9.17, 15) is 9.59 Å². The lowest BCUT2D eigenvalue weighted by atomic mass is 9.76. The van der Waals surface area contributed by atoms with Crippen LogP contribution >= 0.6 is 0 Å². The smallest absolute Gasteiger partial charge is 0.331 e. The molecule has 0 aliphatic rings. The highest BCUT2D eigenvalue weighted by Crippen LogP contribution is 2.32. The van der Waals surface area contributed by atoms with Gasteiger partial charge in [-0.1, -0.05) is 66.7 Å². The maximum Gasteiger partial charge on any atom is 0.331 e. The van der Waals surface area contributed by atoms with Gasteiger partial charge in [0.15, 0.2) is 5.78 Å². The highest BCUT2D eigenvalue weighted by molar-refractivity contribution is 5.99. The van der Waals surface area contributed by atoms with Crippen LogP contribution < -0.4 is 0 Å². The van der Waals surface area contributed by atoms with Crippen LogP contribution in [-0.4, -0.2) is 17.9 Å². The Balaban J connectivity index is 4.69. The summed E-state index contributed by atoms with van der Waals surface area (Å²) >= 11 is 0. The van der Waals surface area contributed by atoms with Crippen molar-refractivity contribution in [2.45, 2.75) is 99.0 Å². The molecule has 0 saturated heterocycles. The summed E-state index contributed by atoms with van der Waals surface area (Å²) < 4.78 is 5.33. The molecule has 0 aromatic rings. The molecule has 0 aliphatic heterocycles. The molecule has 0 aromatic heterocycles. The van der Waals surface area contributed by atoms with Crippen molar-refractivity contribution in [3.05, 3.63) is 12.2 Å². The van der Waals surface area contributed by atoms with E-state index in [-0.39, 0.29) is 17.3 Å². The predicted octanol–water partition coefficient (Wildman–Crippen LogP) is 5.87. The van der Waals surface area contributed by atoms with E-state index in [1.807, 2.05) is 13.8 Å². The van der Waals surface area contributed by atoms with Gasteiger partial charge in [0.2, 0.25) is 0 Å². The second kappa shape index (κ2) is 12.3. The largest absolute Gasteiger partial charge is 0.460 e. The summed E-state index contributed by atoms with van der Waals surface area (Å²) in [6.45, 7) is 12.4. The molecule has 3 heteroatoms. The zero-order chi connectivity index (χ0) is 18.6. The summed E-state index contributed by atoms with van der Waals surface area (Å²) in [6.07, 6.45) is 10.7. The van der Waals surface area contributed by atoms with Gasteiger partial charge < -0.3 is 4.74 Å². The van der Waals surface area contributed by atoms with Gasteiger partial charge in [-0.05, 0) is 38.2 Å². The van der Waals surface area contributed by atoms with Crippen LogP contribution in [0.1, 0.15) is 92.9 Å². The Bertz CT molecular complexity index is 398. The quantitative estimate of drug-likeness (QED) is 0.240. The van der Waals surface area contributed by atoms with Crippen molar-refractivity contribution >= 4 is 11.8 Å². The lowest BCUT2D eigenvalue weighted by molar-refractivity contribution is -0.143. The molecule has 2 atom stereocenters. The third-order valence-corrected chi connectivity index (χ3v) is 4.50. The molecule has 2 unspecified atom stereocenters. The average molecular weight is 339 g/mol. The van der Waals surface area contributed by atoms with E-state index in [4.69, 9.17) is 4.74 Å². The number of rotatable bonds is 13. The van der Waals surface area contributed by atoms with Crippen molar-refractivity contribution in [3.63, 3.8) is 0 Å². The van der Waals surface area contributed by atoms with Crippen molar-refractivity contribution in [1.29, 1.82) is 0 Å². The highest BCUT2D eigenvalue weighted by atomic mass is 16.5. The van der Waals surface area contributed by atoms with E-state index in [0.717, 1.165) is 51.4 Å². The van der Waals surface area contributed by atoms with Crippen LogP contribution in [0.4, 0.5) is 0 Å². The minimum atomic E-state index is -0.414. The van der Waals surface area contributed by atoms with Crippen LogP contribution in [0.3, 0.4) is 0 Å². The zero-order valence-corrected chi connectivity index (χ0v) is 16.7. The fourth-order valence-corrected chi connectivity index (χ4v) is 3.00. The molecule has 0 radical (unpaired) electrons. The van der Waals surface area contributed by atoms with Crippen LogP contribution in [0.5, 0.6) is 0 Å². The minimum absolute atomic E-state index is 0.0560. The Kier molecular flexibility index (Phi) is 11.7. The van der Waals surface area contributed by atoms with E-state index < -0.39 is 5.97 Å². The van der Waals surface area contributed by atoms with Gasteiger partial charge in [-0.15, -0.1) is 0 Å². The standard InChI is InChI=1S/C21H38O3/c1-7-9-11-15-21(6,14-10-8-2)19(22)12-13-20(23)24-18(5)16-17(3)4/h12-13,17-18H,7-11,14-16H2,1-6H3/b13-12-. The number of ether oxygens (including phenoxy) is 1. The normalized spacial score (nSPS) is 15.5. The van der Waals surface area contributed by atoms with Gasteiger partial charge in [0.1, 0.15) is 0 Å². The summed E-state index contributed by atoms with van der Waals surface area (Å²) in [5.41, 5.74) is -0.356. The van der Waals surface area contributed by atoms with Crippen LogP contribution in [0.15, 0.2) is 12.2 Å². The van der Waals surface area contributed by atoms with Crippen molar-refractivity contribution in [1.82, 2.24) is 0 Å². The van der Waals surface area contributed by atoms with Crippen molar-refractivity contribution in [2.75, 3.05) is 0 Å². The molecule has 0 heterocycles. The molecule has 0 bridgehead atoms. The molecule has 0 spiro atoms. The van der Waals surface area contributed by atoms with Crippen LogP contribution in [0.2, 0.25) is 0 Å². The van der Waals surface area contributed by atoms with Gasteiger partial charge in [-0.2, -0.15) is 0 Å². The Hall–Kier alpha value is -1.12. The Morgan fingerprint density at radius 2 is 1.54 bits per heavy atom. The molecule has 3 nitrogen and oxygen atoms in total. The summed E-state index contributed by atoms with van der Waals surface area (Å²) in [7, 11) is 0. The van der Waals surface area contributed by atoms with E-state index in [0.29, 0.717) is 5.92 Å². The van der Waals surface area contributed by atoms with Crippen molar-refractivity contribution in [2.24, 2.45) is 11.3 Å². The van der Waals surface area contributed by atoms with Crippen LogP contribution in [0, 0.1) is 11.3 Å². The van der Waals surface area contributed by atoms with E-state index in [1.54, 1.807) is 0 Å². The lowest BCUT2D eigenvalue weighted by Crippen LogP contribution is -2.27. The molecule has 0 saturated carbocycles. The van der Waals surface area contributed by atoms with Gasteiger partial charge >= 0.3 is 5.97 Å². The van der Waals surface area contributed by atoms with Crippen molar-refractivity contribution < 1.29 is 14.3 Å². The number of hydrogen-bond acceptors (Lipinski definition) is 3. The number of allylic oxidation sites excluding steroid dienone is 1. The molecule has 0 rings (SSSR count). The van der Waals surface area contributed by atoms with Gasteiger partial charge in [0.25, 0.3) is 0 Å². The topological polar surface area (TPSA) is 43.4 Å². The molecule has 0 aliphatic carbocycles. The predicted molar refractivity (Wildman–Crippen MR) is 101 cm³/mol. The van der Waals surface area contributed by atoms with Crippen molar-refractivity contribution in [3.8, 4) is 0 Å². The second-order valence-corrected chi connectivity index (χ2v) is 7.70. The first-order chi connectivity index (χ1) is 11.2. The molecular weight excluding hydrogens is 300 g/mol. The van der Waals surface area contributed by atoms with E-state index >= 15 is 0 Å². The summed E-state index contributed by atoms with van der Waals surface area (Å²) in [4.78, 5) is 24.5. The fourth-order valence-electron chi connectivity index (χ4n) is 3.00. The van der Waals surface area contributed by atoms with E-state index in [1.165, 1.54) is 12.2 Å². The molecule has 0 N–H and O–H groups in total. The maximum absolute atomic E-state index is 12.6. The van der Waals surface area contributed by atoms with Gasteiger partial charge in [-0.25, -0.2) is 4.79 Å². The molecule has 24 heavy (non-hydrogen) atoms. The van der Waals surface area contributed by atoms with Gasteiger partial charge in [0.05, 0.1) is 6.10 Å². The Morgan fingerprint density at radius 1 is 0.958 bits per heavy atom. The zero-order valence-electron chi connectivity index (χ0n) is 16.7. The summed E-state index contributed by atoms with van der Waals surface area (Å²) in [6, 6.07) is 0. The van der Waals surface area contributed by atoms with Gasteiger partial charge in [0, 0.05) is 11.5 Å². The number of carbonyl (C=O) groups excluding carboxylic acids is 2. The third kappa shape index (κ3) is 9.89. The number of unbranched alkanes of at least 4 members (excludes halogenated alkanes) is 3. The number of esters is 1. The number of hydrogen-bond donors (Lipinski definition) is 0. The Morgan fingerprint density at radius 3 is 2.08 bits per heavy atom. The number of carbonyl (C=O) groups is 2. The fraction of sp³-hybridized carbons (Fsp3) is 0.810. The maximum atomic E-state index is 12.6. The van der Waals surface area contributed by atoms with Crippen LogP contribution in [0.25, 0.3) is 0 Å². The first kappa shape index (κ1) is 22.9. The van der Waals surface area contributed by atoms with Crippen LogP contribution in [-0.2, 0) is 14.3 Å². The first-order valence-corrected chi connectivity index (χ1v) is 9.68. The number of ketones is 1. The highest BCUT2D eigenvalue weighted by Gasteiger charge is 2.30. The second-order valence-electron chi connectivity index (χ2n) is 7.70.